The zero-order valence-electron chi connectivity index (χ0n) is 15.7. The number of fused-ring (bicyclic) bond motifs is 2. The van der Waals surface area contributed by atoms with Gasteiger partial charge in [0, 0.05) is 18.2 Å². The Morgan fingerprint density at radius 3 is 2.71 bits per heavy atom. The Morgan fingerprint density at radius 2 is 2.00 bits per heavy atom. The number of nitrogens with zero attached hydrogens (tertiary/aromatic N) is 2. The van der Waals surface area contributed by atoms with Crippen LogP contribution in [0.2, 0.25) is 0 Å². The van der Waals surface area contributed by atoms with Gasteiger partial charge in [0.1, 0.15) is 5.75 Å². The maximum atomic E-state index is 12.6. The molecule has 0 unspecified atom stereocenters. The summed E-state index contributed by atoms with van der Waals surface area (Å²) in [6.45, 7) is 2.01. The lowest BCUT2D eigenvalue weighted by Crippen LogP contribution is -2.36. The first-order chi connectivity index (χ1) is 14.6. The summed E-state index contributed by atoms with van der Waals surface area (Å²) in [5.74, 6) is -0.926. The SMILES string of the molecule is CCn1c(=O)c(=O)[nH]c2cc(C(=O)Nc3nc4ccc(OC(F)(F)F)cc4s3)ccc21. The zero-order valence-corrected chi connectivity index (χ0v) is 16.6. The van der Waals surface area contributed by atoms with Crippen LogP contribution in [0, 0.1) is 0 Å². The molecule has 2 N–H and O–H groups in total. The number of halogens is 3. The first-order valence-electron chi connectivity index (χ1n) is 8.89. The second-order valence-electron chi connectivity index (χ2n) is 6.39. The fourth-order valence-electron chi connectivity index (χ4n) is 3.06. The van der Waals surface area contributed by atoms with Crippen LogP contribution in [-0.4, -0.2) is 26.8 Å². The van der Waals surface area contributed by atoms with E-state index in [-0.39, 0.29) is 23.0 Å². The summed E-state index contributed by atoms with van der Waals surface area (Å²) >= 11 is 0.981. The highest BCUT2D eigenvalue weighted by molar-refractivity contribution is 7.22. The van der Waals surface area contributed by atoms with Crippen molar-refractivity contribution >= 4 is 43.6 Å². The number of nitrogens with one attached hydrogen (secondary N) is 2. The quantitative estimate of drug-likeness (QED) is 0.463. The summed E-state index contributed by atoms with van der Waals surface area (Å²) < 4.78 is 42.7. The number of benzene rings is 2. The normalized spacial score (nSPS) is 11.7. The van der Waals surface area contributed by atoms with Gasteiger partial charge >= 0.3 is 17.5 Å². The highest BCUT2D eigenvalue weighted by Crippen LogP contribution is 2.31. The Bertz CT molecular complexity index is 1440. The number of aromatic nitrogens is 3. The minimum Gasteiger partial charge on any atom is -0.406 e. The van der Waals surface area contributed by atoms with Crippen molar-refractivity contribution in [2.45, 2.75) is 19.8 Å². The molecule has 0 fully saturated rings. The van der Waals surface area contributed by atoms with Gasteiger partial charge in [0.15, 0.2) is 5.13 Å². The topological polar surface area (TPSA) is 106 Å². The predicted octanol–water partition coefficient (Wildman–Crippen LogP) is 3.47. The molecule has 1 amide bonds. The number of aryl methyl sites for hydroxylation is 1. The number of hydrogen-bond donors (Lipinski definition) is 2. The Morgan fingerprint density at radius 1 is 1.23 bits per heavy atom. The molecule has 4 rings (SSSR count). The molecule has 0 saturated heterocycles. The summed E-state index contributed by atoms with van der Waals surface area (Å²) in [6, 6.07) is 8.14. The monoisotopic (exact) mass is 450 g/mol. The first-order valence-corrected chi connectivity index (χ1v) is 9.71. The summed E-state index contributed by atoms with van der Waals surface area (Å²) in [5.41, 5.74) is -0.0990. The van der Waals surface area contributed by atoms with Crippen LogP contribution in [0.25, 0.3) is 21.3 Å². The Kier molecular flexibility index (Phi) is 5.01. The lowest BCUT2D eigenvalue weighted by Gasteiger charge is -2.08. The summed E-state index contributed by atoms with van der Waals surface area (Å²) in [4.78, 5) is 43.0. The molecule has 12 heteroatoms. The molecule has 2 aromatic carbocycles. The van der Waals surface area contributed by atoms with Crippen LogP contribution in [0.3, 0.4) is 0 Å². The first kappa shape index (κ1) is 20.6. The van der Waals surface area contributed by atoms with Crippen LogP contribution in [-0.2, 0) is 6.54 Å². The average molecular weight is 450 g/mol. The van der Waals surface area contributed by atoms with Gasteiger partial charge in [0.25, 0.3) is 5.91 Å². The third-order valence-electron chi connectivity index (χ3n) is 4.37. The van der Waals surface area contributed by atoms with Crippen molar-refractivity contribution in [3.63, 3.8) is 0 Å². The predicted molar refractivity (Wildman–Crippen MR) is 109 cm³/mol. The Labute approximate surface area is 174 Å². The fraction of sp³-hybridized carbons (Fsp3) is 0.158. The second kappa shape index (κ2) is 7.54. The largest absolute Gasteiger partial charge is 0.573 e. The van der Waals surface area contributed by atoms with E-state index in [0.717, 1.165) is 17.4 Å². The minimum absolute atomic E-state index is 0.177. The third-order valence-corrected chi connectivity index (χ3v) is 5.30. The standard InChI is InChI=1S/C19H13F3N4O4S/c1-2-26-13-6-3-9(7-12(13)23-16(28)17(26)29)15(27)25-18-24-11-5-4-10(8-14(11)31-18)30-19(20,21)22/h3-8H,2H2,1H3,(H,23,28)(H,24,25,27). The van der Waals surface area contributed by atoms with Gasteiger partial charge in [-0.15, -0.1) is 13.2 Å². The van der Waals surface area contributed by atoms with Gasteiger partial charge in [-0.1, -0.05) is 11.3 Å². The van der Waals surface area contributed by atoms with Gasteiger partial charge in [-0.3, -0.25) is 19.7 Å². The lowest BCUT2D eigenvalue weighted by atomic mass is 10.1. The van der Waals surface area contributed by atoms with E-state index < -0.39 is 23.4 Å². The van der Waals surface area contributed by atoms with E-state index >= 15 is 0 Å². The van der Waals surface area contributed by atoms with Gasteiger partial charge in [0.2, 0.25) is 0 Å². The molecule has 0 saturated carbocycles. The molecule has 0 aliphatic rings. The molecule has 8 nitrogen and oxygen atoms in total. The van der Waals surface area contributed by atoms with Crippen LogP contribution in [0.5, 0.6) is 5.75 Å². The maximum Gasteiger partial charge on any atom is 0.573 e. The fourth-order valence-corrected chi connectivity index (χ4v) is 3.95. The molecule has 160 valence electrons. The Hall–Kier alpha value is -3.67. The number of alkyl halides is 3. The smallest absolute Gasteiger partial charge is 0.406 e. The van der Waals surface area contributed by atoms with Crippen molar-refractivity contribution < 1.29 is 22.7 Å². The number of anilines is 1. The van der Waals surface area contributed by atoms with Gasteiger partial charge in [-0.2, -0.15) is 0 Å². The number of carbonyl (C=O) groups is 1. The number of ether oxygens (including phenoxy) is 1. The van der Waals surface area contributed by atoms with Crippen LogP contribution in [0.1, 0.15) is 17.3 Å². The van der Waals surface area contributed by atoms with Crippen molar-refractivity contribution in [3.8, 4) is 5.75 Å². The molecular formula is C19H13F3N4O4S. The molecule has 0 bridgehead atoms. The molecular weight excluding hydrogens is 437 g/mol. The molecule has 31 heavy (non-hydrogen) atoms. The van der Waals surface area contributed by atoms with E-state index in [1.165, 1.54) is 28.8 Å². The minimum atomic E-state index is -4.81. The van der Waals surface area contributed by atoms with Crippen LogP contribution >= 0.6 is 11.3 Å². The van der Waals surface area contributed by atoms with E-state index in [0.29, 0.717) is 21.3 Å². The zero-order chi connectivity index (χ0) is 22.3. The summed E-state index contributed by atoms with van der Waals surface area (Å²) in [6.07, 6.45) is -4.81. The van der Waals surface area contributed by atoms with E-state index in [1.807, 2.05) is 0 Å². The molecule has 0 aliphatic heterocycles. The van der Waals surface area contributed by atoms with Gasteiger partial charge < -0.3 is 14.3 Å². The van der Waals surface area contributed by atoms with E-state index in [9.17, 15) is 27.6 Å². The molecule has 2 aromatic heterocycles. The maximum absolute atomic E-state index is 12.6. The molecule has 0 atom stereocenters. The van der Waals surface area contributed by atoms with Gasteiger partial charge in [-0.05, 0) is 37.3 Å². The van der Waals surface area contributed by atoms with E-state index in [2.05, 4.69) is 20.0 Å². The van der Waals surface area contributed by atoms with Crippen molar-refractivity contribution in [2.24, 2.45) is 0 Å². The molecule has 0 aliphatic carbocycles. The molecule has 4 aromatic rings. The number of amides is 1. The third kappa shape index (κ3) is 4.14. The lowest BCUT2D eigenvalue weighted by molar-refractivity contribution is -0.274. The molecule has 0 radical (unpaired) electrons. The highest BCUT2D eigenvalue weighted by Gasteiger charge is 2.31. The number of aromatic amines is 1. The van der Waals surface area contributed by atoms with Crippen LogP contribution < -0.4 is 21.2 Å². The van der Waals surface area contributed by atoms with Crippen LogP contribution in [0.4, 0.5) is 18.3 Å². The highest BCUT2D eigenvalue weighted by atomic mass is 32.1. The van der Waals surface area contributed by atoms with Gasteiger partial charge in [-0.25, -0.2) is 4.98 Å². The molecule has 0 spiro atoms. The van der Waals surface area contributed by atoms with Crippen molar-refractivity contribution in [1.82, 2.24) is 14.5 Å². The number of H-pyrrole nitrogens is 1. The number of thiazole rings is 1. The van der Waals surface area contributed by atoms with Gasteiger partial charge in [0.05, 0.1) is 21.3 Å². The average Bonchev–Trinajstić information content (AvgIpc) is 3.08. The Balaban J connectivity index is 1.62. The number of hydrogen-bond acceptors (Lipinski definition) is 6. The summed E-state index contributed by atoms with van der Waals surface area (Å²) in [7, 11) is 0. The number of carbonyl (C=O) groups excluding carboxylic acids is 1. The summed E-state index contributed by atoms with van der Waals surface area (Å²) in [5, 5.41) is 2.76. The van der Waals surface area contributed by atoms with Crippen molar-refractivity contribution in [2.75, 3.05) is 5.32 Å². The van der Waals surface area contributed by atoms with Crippen molar-refractivity contribution in [1.29, 1.82) is 0 Å². The molecule has 2 heterocycles. The van der Waals surface area contributed by atoms with Crippen LogP contribution in [0.15, 0.2) is 46.0 Å². The van der Waals surface area contributed by atoms with Crippen molar-refractivity contribution in [3.05, 3.63) is 62.7 Å². The second-order valence-corrected chi connectivity index (χ2v) is 7.42. The van der Waals surface area contributed by atoms with E-state index in [1.54, 1.807) is 13.0 Å². The number of rotatable bonds is 4. The van der Waals surface area contributed by atoms with E-state index in [4.69, 9.17) is 0 Å².